The summed E-state index contributed by atoms with van der Waals surface area (Å²) >= 11 is 0. The summed E-state index contributed by atoms with van der Waals surface area (Å²) in [6, 6.07) is 0. The molecule has 0 bridgehead atoms. The van der Waals surface area contributed by atoms with E-state index in [0.717, 1.165) is 17.3 Å². The second kappa shape index (κ2) is 13.1. The van der Waals surface area contributed by atoms with Gasteiger partial charge < -0.3 is 0 Å². The number of rotatable bonds is 0. The molecular weight excluding hydrogens is 444 g/mol. The van der Waals surface area contributed by atoms with Crippen molar-refractivity contribution in [3.05, 3.63) is 34.5 Å². The third kappa shape index (κ3) is 11.7. The molecule has 0 saturated carbocycles. The van der Waals surface area contributed by atoms with Crippen molar-refractivity contribution in [2.45, 2.75) is 0 Å². The third-order valence-electron chi connectivity index (χ3n) is 1.46. The maximum absolute atomic E-state index is 10.2. The molecule has 10 heteroatoms. The van der Waals surface area contributed by atoms with Crippen LogP contribution in [-0.2, 0) is 50.6 Å². The molecule has 0 radical (unpaired) electrons. The molecule has 3 unspecified atom stereocenters. The van der Waals surface area contributed by atoms with Gasteiger partial charge in [0.25, 0.3) is 0 Å². The summed E-state index contributed by atoms with van der Waals surface area (Å²) in [7, 11) is 2.31. The molecule has 3 aliphatic heterocycles. The van der Waals surface area contributed by atoms with Gasteiger partial charge in [-0.15, -0.1) is 0 Å². The number of hydrogen-bond acceptors (Lipinski definition) is 6. The van der Waals surface area contributed by atoms with Crippen molar-refractivity contribution >= 4 is 61.9 Å². The molecule has 0 spiro atoms. The Morgan fingerprint density at radius 3 is 0.947 bits per heavy atom. The van der Waals surface area contributed by atoms with E-state index in [1.807, 2.05) is 18.2 Å². The van der Waals surface area contributed by atoms with E-state index < -0.39 is 29.5 Å². The van der Waals surface area contributed by atoms with Crippen molar-refractivity contribution in [2.75, 3.05) is 17.3 Å². The molecule has 108 valence electrons. The fourth-order valence-electron chi connectivity index (χ4n) is 0.790. The summed E-state index contributed by atoms with van der Waals surface area (Å²) in [5.41, 5.74) is 0. The van der Waals surface area contributed by atoms with Crippen molar-refractivity contribution in [3.8, 4) is 0 Å². The Labute approximate surface area is 146 Å². The van der Waals surface area contributed by atoms with Crippen LogP contribution in [0.2, 0.25) is 0 Å². The van der Waals surface area contributed by atoms with E-state index in [1.165, 1.54) is 32.4 Å². The molecule has 0 saturated heterocycles. The smallest absolute Gasteiger partial charge is 0.105 e. The van der Waals surface area contributed by atoms with Crippen LogP contribution in [0.5, 0.6) is 0 Å². The molecule has 3 heterocycles. The normalized spacial score (nSPS) is 30.0. The first-order chi connectivity index (χ1) is 8.68. The summed E-state index contributed by atoms with van der Waals surface area (Å²) in [5, 5.41) is 5.14. The van der Waals surface area contributed by atoms with Crippen molar-refractivity contribution in [2.24, 2.45) is 0 Å². The predicted octanol–water partition coefficient (Wildman–Crippen LogP) is 2.73. The summed E-state index contributed by atoms with van der Waals surface area (Å²) in [6.07, 6.45) is 5.75. The van der Waals surface area contributed by atoms with Gasteiger partial charge in [-0.1, -0.05) is 50.6 Å². The van der Waals surface area contributed by atoms with Crippen molar-refractivity contribution < 1.29 is 33.7 Å². The monoisotopic (exact) mass is 458 g/mol. The minimum atomic E-state index is -0.687. The average Bonchev–Trinajstić information content (AvgIpc) is 3.05. The molecular formula is C9H12MoO3S6. The quantitative estimate of drug-likeness (QED) is 0.413. The van der Waals surface area contributed by atoms with Crippen LogP contribution in [0, 0.1) is 0 Å². The Balaban J connectivity index is 0.000000249. The van der Waals surface area contributed by atoms with E-state index in [4.69, 9.17) is 0 Å². The maximum atomic E-state index is 10.2. The summed E-state index contributed by atoms with van der Waals surface area (Å²) in [4.78, 5) is 0. The van der Waals surface area contributed by atoms with Crippen LogP contribution < -0.4 is 0 Å². The van der Waals surface area contributed by atoms with Gasteiger partial charge in [-0.05, 0) is 0 Å². The second-order valence-electron chi connectivity index (χ2n) is 2.75. The molecule has 3 aliphatic rings. The molecule has 3 atom stereocenters. The molecule has 0 N–H and O–H groups in total. The second-order valence-corrected chi connectivity index (χ2v) is 11.9. The zero-order valence-electron chi connectivity index (χ0n) is 9.67. The minimum absolute atomic E-state index is 0. The zero-order chi connectivity index (χ0) is 13.2. The van der Waals surface area contributed by atoms with E-state index in [-0.39, 0.29) is 21.1 Å². The van der Waals surface area contributed by atoms with Gasteiger partial charge >= 0.3 is 0 Å². The minimum Gasteiger partial charge on any atom is -0.243 e. The van der Waals surface area contributed by atoms with Gasteiger partial charge in [-0.25, -0.2) is 12.6 Å². The molecule has 3 nitrogen and oxygen atoms in total. The Bertz CT molecular complexity index is 358. The van der Waals surface area contributed by atoms with Crippen LogP contribution in [0.4, 0.5) is 0 Å². The Kier molecular flexibility index (Phi) is 14.1. The van der Waals surface area contributed by atoms with Crippen molar-refractivity contribution in [3.63, 3.8) is 0 Å². The molecule has 0 amide bonds. The van der Waals surface area contributed by atoms with Crippen LogP contribution >= 0.6 is 32.4 Å². The largest absolute Gasteiger partial charge is 0.243 e. The average molecular weight is 457 g/mol. The molecule has 19 heavy (non-hydrogen) atoms. The van der Waals surface area contributed by atoms with Crippen LogP contribution in [0.1, 0.15) is 0 Å². The standard InChI is InChI=1S/3C3H4OS2.Mo/c3*4-6-3-1-2-5-6;/h3*1,3H,2H2;. The molecule has 0 aromatic heterocycles. The molecule has 0 aromatic carbocycles. The summed E-state index contributed by atoms with van der Waals surface area (Å²) < 4.78 is 30.7. The Hall–Kier alpha value is 1.41. The topological polar surface area (TPSA) is 51.2 Å². The molecule has 0 aromatic rings. The van der Waals surface area contributed by atoms with E-state index in [0.29, 0.717) is 0 Å². The van der Waals surface area contributed by atoms with Gasteiger partial charge in [-0.3, -0.25) is 0 Å². The van der Waals surface area contributed by atoms with E-state index >= 15 is 0 Å². The van der Waals surface area contributed by atoms with Gasteiger partial charge in [0.2, 0.25) is 0 Å². The fourth-order valence-corrected chi connectivity index (χ4v) is 6.41. The Morgan fingerprint density at radius 2 is 0.895 bits per heavy atom. The maximum Gasteiger partial charge on any atom is 0.105 e. The van der Waals surface area contributed by atoms with E-state index in [1.54, 1.807) is 16.2 Å². The van der Waals surface area contributed by atoms with Crippen molar-refractivity contribution in [1.82, 2.24) is 0 Å². The Morgan fingerprint density at radius 1 is 0.632 bits per heavy atom. The molecule has 0 aliphatic carbocycles. The van der Waals surface area contributed by atoms with Crippen LogP contribution in [-0.4, -0.2) is 29.9 Å². The first-order valence-corrected chi connectivity index (χ1v) is 12.9. The number of hydrogen-bond donors (Lipinski definition) is 0. The summed E-state index contributed by atoms with van der Waals surface area (Å²) in [5.74, 6) is 2.77. The van der Waals surface area contributed by atoms with Gasteiger partial charge in [-0.2, -0.15) is 0 Å². The van der Waals surface area contributed by atoms with Gasteiger partial charge in [0, 0.05) is 54.5 Å². The SMILES string of the molecule is O=S1C=CCS1.O=S1C=CCS1.O=S1C=CCS1.[Mo]. The van der Waals surface area contributed by atoms with E-state index in [2.05, 4.69) is 0 Å². The fraction of sp³-hybridized carbons (Fsp3) is 0.333. The predicted molar refractivity (Wildman–Crippen MR) is 89.2 cm³/mol. The third-order valence-corrected chi connectivity index (χ3v) is 8.71. The van der Waals surface area contributed by atoms with Crippen LogP contribution in [0.15, 0.2) is 34.5 Å². The van der Waals surface area contributed by atoms with Gasteiger partial charge in [0.05, 0.1) is 0 Å². The first kappa shape index (κ1) is 20.4. The van der Waals surface area contributed by atoms with E-state index in [9.17, 15) is 12.6 Å². The van der Waals surface area contributed by atoms with Crippen molar-refractivity contribution in [1.29, 1.82) is 0 Å². The van der Waals surface area contributed by atoms with Gasteiger partial charge in [0.1, 0.15) is 29.5 Å². The van der Waals surface area contributed by atoms with Gasteiger partial charge in [0.15, 0.2) is 0 Å². The summed E-state index contributed by atoms with van der Waals surface area (Å²) in [6.45, 7) is 0. The zero-order valence-corrected chi connectivity index (χ0v) is 16.6. The van der Waals surface area contributed by atoms with Crippen LogP contribution in [0.3, 0.4) is 0 Å². The van der Waals surface area contributed by atoms with Crippen LogP contribution in [0.25, 0.3) is 0 Å². The first-order valence-electron chi connectivity index (χ1n) is 4.80. The molecule has 3 rings (SSSR count). The molecule has 0 fully saturated rings.